The smallest absolute Gasteiger partial charge is 0.269 e. The zero-order valence-corrected chi connectivity index (χ0v) is 20.4. The van der Waals surface area contributed by atoms with Gasteiger partial charge in [-0.15, -0.1) is 0 Å². The van der Waals surface area contributed by atoms with Crippen LogP contribution < -0.4 is 24.3 Å². The summed E-state index contributed by atoms with van der Waals surface area (Å²) in [6.45, 7) is 1.09. The van der Waals surface area contributed by atoms with Crippen molar-refractivity contribution in [2.24, 2.45) is 0 Å². The molecular formula is C30H24N2O6. The van der Waals surface area contributed by atoms with E-state index in [1.54, 1.807) is 12.1 Å². The Morgan fingerprint density at radius 1 is 0.842 bits per heavy atom. The van der Waals surface area contributed by atoms with Crippen LogP contribution in [0.25, 0.3) is 5.69 Å². The van der Waals surface area contributed by atoms with Crippen molar-refractivity contribution in [3.05, 3.63) is 95.8 Å². The Bertz CT molecular complexity index is 1560. The van der Waals surface area contributed by atoms with E-state index in [9.17, 15) is 9.59 Å². The monoisotopic (exact) mass is 508 g/mol. The molecule has 0 saturated heterocycles. The summed E-state index contributed by atoms with van der Waals surface area (Å²) in [6.07, 6.45) is 1.54. The first-order chi connectivity index (χ1) is 18.6. The van der Waals surface area contributed by atoms with Crippen molar-refractivity contribution in [2.45, 2.75) is 18.4 Å². The number of anilines is 1. The quantitative estimate of drug-likeness (QED) is 0.430. The maximum Gasteiger partial charge on any atom is 0.269 e. The fourth-order valence-electron chi connectivity index (χ4n) is 5.26. The van der Waals surface area contributed by atoms with Gasteiger partial charge < -0.3 is 28.8 Å². The average Bonchev–Trinajstić information content (AvgIpc) is 3.41. The number of nitrogens with zero attached hydrogens (tertiary/aromatic N) is 1. The van der Waals surface area contributed by atoms with Gasteiger partial charge in [0.1, 0.15) is 19.8 Å². The van der Waals surface area contributed by atoms with Gasteiger partial charge in [0.05, 0.1) is 5.69 Å². The molecule has 190 valence electrons. The van der Waals surface area contributed by atoms with Gasteiger partial charge in [-0.1, -0.05) is 24.3 Å². The van der Waals surface area contributed by atoms with Crippen molar-refractivity contribution < 1.29 is 28.5 Å². The van der Waals surface area contributed by atoms with Gasteiger partial charge in [-0.3, -0.25) is 9.59 Å². The SMILES string of the molecule is O=C1C[C@@H](c2ccc(NC(=O)[C@@H]3COc4ccccc4O3)cc2)c2cccn2-c2cc3c(cc21)OCCO3. The van der Waals surface area contributed by atoms with Crippen LogP contribution in [-0.2, 0) is 4.79 Å². The first-order valence-corrected chi connectivity index (χ1v) is 12.6. The summed E-state index contributed by atoms with van der Waals surface area (Å²) in [5, 5.41) is 2.91. The number of carbonyl (C=O) groups is 2. The second-order valence-corrected chi connectivity index (χ2v) is 9.47. The molecule has 4 aromatic rings. The minimum absolute atomic E-state index is 0.0396. The van der Waals surface area contributed by atoms with E-state index in [2.05, 4.69) is 9.88 Å². The van der Waals surface area contributed by atoms with Crippen molar-refractivity contribution in [2.75, 3.05) is 25.1 Å². The fraction of sp³-hybridized carbons (Fsp3) is 0.200. The van der Waals surface area contributed by atoms with Gasteiger partial charge in [-0.05, 0) is 48.0 Å². The molecule has 8 nitrogen and oxygen atoms in total. The third-order valence-electron chi connectivity index (χ3n) is 7.13. The summed E-state index contributed by atoms with van der Waals surface area (Å²) >= 11 is 0. The normalized spacial score (nSPS) is 19.1. The minimum atomic E-state index is -0.746. The Morgan fingerprint density at radius 3 is 2.42 bits per heavy atom. The van der Waals surface area contributed by atoms with Crippen LogP contribution in [0, 0.1) is 0 Å². The van der Waals surface area contributed by atoms with E-state index in [0.717, 1.165) is 16.9 Å². The molecule has 1 N–H and O–H groups in total. The summed E-state index contributed by atoms with van der Waals surface area (Å²) in [7, 11) is 0. The molecule has 0 fully saturated rings. The van der Waals surface area contributed by atoms with Crippen LogP contribution in [-0.4, -0.2) is 42.2 Å². The van der Waals surface area contributed by atoms with Crippen LogP contribution in [0.4, 0.5) is 5.69 Å². The lowest BCUT2D eigenvalue weighted by molar-refractivity contribution is -0.125. The molecule has 0 saturated carbocycles. The zero-order chi connectivity index (χ0) is 25.6. The predicted molar refractivity (Wildman–Crippen MR) is 139 cm³/mol. The van der Waals surface area contributed by atoms with E-state index in [0.29, 0.717) is 53.9 Å². The van der Waals surface area contributed by atoms with Crippen molar-refractivity contribution in [1.29, 1.82) is 0 Å². The molecule has 2 atom stereocenters. The Labute approximate surface area is 218 Å². The number of para-hydroxylation sites is 2. The topological polar surface area (TPSA) is 88.0 Å². The molecule has 0 aliphatic carbocycles. The number of hydrogen-bond donors (Lipinski definition) is 1. The standard InChI is InChI=1S/C30H24N2O6/c33-24-14-20(22-4-3-11-32(22)23-16-28-27(15-21(23)24)35-12-13-36-28)18-7-9-19(10-8-18)31-30(34)29-17-37-25-5-1-2-6-26(25)38-29/h1-11,15-16,20,29H,12-14,17H2,(H,31,34)/t20-,29-/m0/s1. The molecular weight excluding hydrogens is 484 g/mol. The first-order valence-electron chi connectivity index (χ1n) is 12.6. The highest BCUT2D eigenvalue weighted by atomic mass is 16.6. The molecule has 0 unspecified atom stereocenters. The highest BCUT2D eigenvalue weighted by molar-refractivity contribution is 6.01. The van der Waals surface area contributed by atoms with Gasteiger partial charge in [-0.25, -0.2) is 0 Å². The number of hydrogen-bond acceptors (Lipinski definition) is 6. The van der Waals surface area contributed by atoms with Crippen molar-refractivity contribution in [1.82, 2.24) is 4.57 Å². The first kappa shape index (κ1) is 22.5. The summed E-state index contributed by atoms with van der Waals surface area (Å²) in [4.78, 5) is 26.3. The number of ketones is 1. The van der Waals surface area contributed by atoms with Crippen LogP contribution in [0.3, 0.4) is 0 Å². The fourth-order valence-corrected chi connectivity index (χ4v) is 5.26. The molecule has 0 radical (unpaired) electrons. The Kier molecular flexibility index (Phi) is 5.32. The van der Waals surface area contributed by atoms with Crippen molar-refractivity contribution in [3.8, 4) is 28.7 Å². The second-order valence-electron chi connectivity index (χ2n) is 9.47. The molecule has 3 aliphatic heterocycles. The summed E-state index contributed by atoms with van der Waals surface area (Å²) in [5.74, 6) is 2.04. The number of amides is 1. The molecule has 1 aromatic heterocycles. The molecule has 4 heterocycles. The molecule has 38 heavy (non-hydrogen) atoms. The number of benzene rings is 3. The lowest BCUT2D eigenvalue weighted by Crippen LogP contribution is -2.40. The Morgan fingerprint density at radius 2 is 1.61 bits per heavy atom. The van der Waals surface area contributed by atoms with E-state index < -0.39 is 6.10 Å². The number of rotatable bonds is 3. The highest BCUT2D eigenvalue weighted by Crippen LogP contribution is 2.41. The van der Waals surface area contributed by atoms with E-state index >= 15 is 0 Å². The average molecular weight is 509 g/mol. The van der Waals surface area contributed by atoms with Crippen LogP contribution >= 0.6 is 0 Å². The lowest BCUT2D eigenvalue weighted by Gasteiger charge is -2.25. The number of nitrogens with one attached hydrogen (secondary N) is 1. The molecule has 8 heteroatoms. The molecule has 1 amide bonds. The Hall–Kier alpha value is -4.72. The largest absolute Gasteiger partial charge is 0.486 e. The summed E-state index contributed by atoms with van der Waals surface area (Å²) in [6, 6.07) is 22.6. The van der Waals surface area contributed by atoms with Gasteiger partial charge in [0.25, 0.3) is 5.91 Å². The minimum Gasteiger partial charge on any atom is -0.486 e. The van der Waals surface area contributed by atoms with Gasteiger partial charge >= 0.3 is 0 Å². The van der Waals surface area contributed by atoms with Gasteiger partial charge in [-0.2, -0.15) is 0 Å². The number of carbonyl (C=O) groups excluding carboxylic acids is 2. The van der Waals surface area contributed by atoms with Gasteiger partial charge in [0.15, 0.2) is 28.8 Å². The number of Topliss-reactive ketones (excluding diaryl/α,β-unsaturated/α-hetero) is 1. The lowest BCUT2D eigenvalue weighted by atomic mass is 9.90. The number of fused-ring (bicyclic) bond motifs is 5. The predicted octanol–water partition coefficient (Wildman–Crippen LogP) is 4.75. The van der Waals surface area contributed by atoms with E-state index in [-0.39, 0.29) is 24.2 Å². The summed E-state index contributed by atoms with van der Waals surface area (Å²) < 4.78 is 25.0. The number of ether oxygens (including phenoxy) is 4. The third kappa shape index (κ3) is 3.85. The van der Waals surface area contributed by atoms with Gasteiger partial charge in [0.2, 0.25) is 6.10 Å². The van der Waals surface area contributed by atoms with Gasteiger partial charge in [0, 0.05) is 41.5 Å². The van der Waals surface area contributed by atoms with E-state index in [1.165, 1.54) is 0 Å². The summed E-state index contributed by atoms with van der Waals surface area (Å²) in [5.41, 5.74) is 4.04. The van der Waals surface area contributed by atoms with E-state index in [4.69, 9.17) is 18.9 Å². The van der Waals surface area contributed by atoms with E-state index in [1.807, 2.05) is 66.9 Å². The third-order valence-corrected chi connectivity index (χ3v) is 7.13. The molecule has 3 aromatic carbocycles. The maximum atomic E-state index is 13.4. The zero-order valence-electron chi connectivity index (χ0n) is 20.4. The second kappa shape index (κ2) is 8.99. The Balaban J connectivity index is 1.13. The molecule has 7 rings (SSSR count). The maximum absolute atomic E-state index is 13.4. The van der Waals surface area contributed by atoms with Crippen molar-refractivity contribution in [3.63, 3.8) is 0 Å². The highest BCUT2D eigenvalue weighted by Gasteiger charge is 2.31. The molecule has 0 spiro atoms. The van der Waals surface area contributed by atoms with Crippen LogP contribution in [0.2, 0.25) is 0 Å². The number of aromatic nitrogens is 1. The van der Waals surface area contributed by atoms with Crippen molar-refractivity contribution >= 4 is 17.4 Å². The van der Waals surface area contributed by atoms with Crippen LogP contribution in [0.15, 0.2) is 79.0 Å². The van der Waals surface area contributed by atoms with Crippen LogP contribution in [0.1, 0.15) is 34.0 Å². The molecule has 3 aliphatic rings. The van der Waals surface area contributed by atoms with Crippen LogP contribution in [0.5, 0.6) is 23.0 Å². The molecule has 0 bridgehead atoms.